The fourth-order valence-electron chi connectivity index (χ4n) is 10.7. The average molecular weight is 844 g/mol. The minimum absolute atomic E-state index is 0.00507. The second kappa shape index (κ2) is 23.4. The van der Waals surface area contributed by atoms with Gasteiger partial charge in [-0.15, -0.1) is 0 Å². The fourth-order valence-corrected chi connectivity index (χ4v) is 19.6. The molecule has 2 heterocycles. The zero-order chi connectivity index (χ0) is 42.6. The highest BCUT2D eigenvalue weighted by Gasteiger charge is 2.60. The summed E-state index contributed by atoms with van der Waals surface area (Å²) >= 11 is 0. The first-order valence-electron chi connectivity index (χ1n) is 23.6. The van der Waals surface area contributed by atoms with Gasteiger partial charge in [-0.1, -0.05) is 116 Å². The van der Waals surface area contributed by atoms with Crippen LogP contribution in [0.3, 0.4) is 0 Å². The molecule has 0 aromatic carbocycles. The van der Waals surface area contributed by atoms with E-state index in [1.165, 1.54) is 5.57 Å². The zero-order valence-corrected chi connectivity index (χ0v) is 43.1. The first-order chi connectivity index (χ1) is 26.4. The van der Waals surface area contributed by atoms with Crippen molar-refractivity contribution < 1.29 is 32.6 Å². The highest BCUT2D eigenvalue weighted by Crippen LogP contribution is 2.51. The van der Waals surface area contributed by atoms with Gasteiger partial charge in [-0.25, -0.2) is 0 Å². The molecule has 1 spiro atoms. The predicted octanol–water partition coefficient (Wildman–Crippen LogP) is 12.6. The molecule has 0 saturated carbocycles. The van der Waals surface area contributed by atoms with Gasteiger partial charge < -0.3 is 32.6 Å². The van der Waals surface area contributed by atoms with Crippen LogP contribution in [0.15, 0.2) is 11.6 Å². The van der Waals surface area contributed by atoms with Crippen LogP contribution >= 0.6 is 0 Å². The summed E-state index contributed by atoms with van der Waals surface area (Å²) in [6.07, 6.45) is 4.16. The molecule has 0 amide bonds. The summed E-state index contributed by atoms with van der Waals surface area (Å²) in [5.74, 6) is -0.121. The number of ether oxygens (including phenoxy) is 3. The van der Waals surface area contributed by atoms with Crippen molar-refractivity contribution in [3.63, 3.8) is 0 Å². The number of methoxy groups -OCH3 is 1. The molecule has 13 atom stereocenters. The van der Waals surface area contributed by atoms with Gasteiger partial charge in [-0.3, -0.25) is 0 Å². The Bertz CT molecular complexity index is 1120. The van der Waals surface area contributed by atoms with Crippen molar-refractivity contribution in [1.82, 2.24) is 0 Å². The van der Waals surface area contributed by atoms with E-state index in [0.717, 1.165) is 67.2 Å². The van der Waals surface area contributed by atoms with Crippen LogP contribution < -0.4 is 0 Å². The molecule has 0 radical (unpaired) electrons. The van der Waals surface area contributed by atoms with Gasteiger partial charge in [-0.05, 0) is 92.9 Å². The van der Waals surface area contributed by atoms with E-state index in [4.69, 9.17) is 27.5 Å². The van der Waals surface area contributed by atoms with Gasteiger partial charge in [0.2, 0.25) is 0 Å². The summed E-state index contributed by atoms with van der Waals surface area (Å²) in [4.78, 5) is 0. The second-order valence-electron chi connectivity index (χ2n) is 18.7. The van der Waals surface area contributed by atoms with Crippen LogP contribution in [0.4, 0.5) is 0 Å². The molecular weight excluding hydrogens is 749 g/mol. The van der Waals surface area contributed by atoms with E-state index < -0.39 is 30.7 Å². The lowest BCUT2D eigenvalue weighted by atomic mass is 9.74. The van der Waals surface area contributed by atoms with E-state index in [1.54, 1.807) is 0 Å². The van der Waals surface area contributed by atoms with E-state index in [9.17, 15) is 5.11 Å². The van der Waals surface area contributed by atoms with Gasteiger partial charge in [0.15, 0.2) is 30.7 Å². The molecular formula is C46H94O7Si3. The van der Waals surface area contributed by atoms with Crippen LogP contribution in [-0.2, 0) is 27.5 Å². The van der Waals surface area contributed by atoms with Crippen LogP contribution in [0.2, 0.25) is 54.4 Å². The number of allylic oxidation sites excluding steroid dienone is 2. The van der Waals surface area contributed by atoms with E-state index in [2.05, 4.69) is 124 Å². The molecule has 332 valence electrons. The average Bonchev–Trinajstić information content (AvgIpc) is 3.22. The van der Waals surface area contributed by atoms with Crippen molar-refractivity contribution in [2.45, 2.75) is 234 Å². The predicted molar refractivity (Wildman–Crippen MR) is 245 cm³/mol. The maximum Gasteiger partial charge on any atom is 0.196 e. The van der Waals surface area contributed by atoms with E-state index in [1.807, 2.05) is 7.11 Å². The Labute approximate surface area is 350 Å². The van der Waals surface area contributed by atoms with Crippen LogP contribution in [0.1, 0.15) is 137 Å². The summed E-state index contributed by atoms with van der Waals surface area (Å²) in [6.45, 7) is 39.3. The van der Waals surface area contributed by atoms with Crippen LogP contribution in [0.5, 0.6) is 0 Å². The zero-order valence-electron chi connectivity index (χ0n) is 40.1. The molecule has 0 aromatic rings. The molecule has 0 aliphatic carbocycles. The quantitative estimate of drug-likeness (QED) is 0.0725. The summed E-state index contributed by atoms with van der Waals surface area (Å²) in [7, 11) is -4.15. The SMILES string of the molecule is C/C=C(\C)C[C@H](C)[C@H](O[Si](CC)(CC)CC)[C@@H](C)[C@H]1O[C@@]2(CC(OC)C1C)O[C@H]([C@@H](C)[C@@H](O[Si](CC)(CC)CC)[C@@H](C)CO)C(C)CC2O[Si](CC)(CC)CC. The molecule has 0 bridgehead atoms. The Balaban J connectivity index is 2.83. The number of hydrogen-bond donors (Lipinski definition) is 1. The molecule has 7 nitrogen and oxygen atoms in total. The molecule has 10 heteroatoms. The van der Waals surface area contributed by atoms with Crippen molar-refractivity contribution in [3.05, 3.63) is 11.6 Å². The maximum absolute atomic E-state index is 10.6. The molecule has 2 rings (SSSR count). The Hall–Kier alpha value is 0.111. The van der Waals surface area contributed by atoms with Crippen LogP contribution in [0, 0.1) is 35.5 Å². The second-order valence-corrected chi connectivity index (χ2v) is 32.9. The molecule has 56 heavy (non-hydrogen) atoms. The molecule has 4 unspecified atom stereocenters. The van der Waals surface area contributed by atoms with Gasteiger partial charge in [0.25, 0.3) is 0 Å². The highest BCUT2D eigenvalue weighted by molar-refractivity contribution is 6.74. The summed E-state index contributed by atoms with van der Waals surface area (Å²) < 4.78 is 44.5. The Kier molecular flexibility index (Phi) is 21.8. The van der Waals surface area contributed by atoms with Gasteiger partial charge in [0, 0.05) is 43.8 Å². The lowest BCUT2D eigenvalue weighted by Gasteiger charge is -2.59. The van der Waals surface area contributed by atoms with Crippen molar-refractivity contribution in [2.75, 3.05) is 13.7 Å². The van der Waals surface area contributed by atoms with Crippen LogP contribution in [0.25, 0.3) is 0 Å². The third-order valence-corrected chi connectivity index (χ3v) is 29.7. The van der Waals surface area contributed by atoms with Crippen molar-refractivity contribution in [2.24, 2.45) is 35.5 Å². The van der Waals surface area contributed by atoms with Crippen LogP contribution in [-0.4, -0.2) is 86.2 Å². The van der Waals surface area contributed by atoms with Crippen molar-refractivity contribution in [3.8, 4) is 0 Å². The summed E-state index contributed by atoms with van der Waals surface area (Å²) in [6, 6.07) is 9.79. The Morgan fingerprint density at radius 2 is 1.14 bits per heavy atom. The smallest absolute Gasteiger partial charge is 0.196 e. The molecule has 2 fully saturated rings. The normalized spacial score (nSPS) is 30.2. The monoisotopic (exact) mass is 843 g/mol. The molecule has 0 aromatic heterocycles. The van der Waals surface area contributed by atoms with E-state index in [-0.39, 0.29) is 72.8 Å². The number of rotatable bonds is 25. The standard InChI is InChI=1S/C46H94O7Si3/c1-19-33(11)29-34(12)43(52-55(23-5,24-6)25-7)39(17)45-37(15)40(48-18)31-46(50-45)41(51-54(20-2,21-3)22-4)30-35(13)42(49-46)38(16)44(36(14)32-47)53-56(26-8,27-9)28-10/h19,34-45,47H,20-32H2,1-18H3/b33-19+/t34-,35?,36-,37?,38+,39+,40?,41?,42-,43-,44-,45-,46+/m0/s1. The minimum Gasteiger partial charge on any atom is -0.413 e. The third-order valence-electron chi connectivity index (χ3n) is 15.8. The summed E-state index contributed by atoms with van der Waals surface area (Å²) in [5, 5.41) is 10.6. The third kappa shape index (κ3) is 11.9. The largest absolute Gasteiger partial charge is 0.413 e. The van der Waals surface area contributed by atoms with E-state index >= 15 is 0 Å². The Morgan fingerprint density at radius 3 is 1.55 bits per heavy atom. The Morgan fingerprint density at radius 1 is 0.714 bits per heavy atom. The highest BCUT2D eigenvalue weighted by atomic mass is 28.4. The topological polar surface area (TPSA) is 75.6 Å². The van der Waals surface area contributed by atoms with Gasteiger partial charge in [0.05, 0.1) is 36.6 Å². The fraction of sp³-hybridized carbons (Fsp3) is 0.957. The first-order valence-corrected chi connectivity index (χ1v) is 31.2. The van der Waals surface area contributed by atoms with Gasteiger partial charge in [0.1, 0.15) is 0 Å². The first kappa shape index (κ1) is 52.2. The number of hydrogen-bond acceptors (Lipinski definition) is 7. The molecule has 2 aliphatic heterocycles. The number of aliphatic hydroxyl groups excluding tert-OH is 1. The van der Waals surface area contributed by atoms with E-state index in [0.29, 0.717) is 12.3 Å². The molecule has 2 saturated heterocycles. The van der Waals surface area contributed by atoms with Crippen molar-refractivity contribution >= 4 is 25.0 Å². The van der Waals surface area contributed by atoms with Crippen molar-refractivity contribution in [1.29, 1.82) is 0 Å². The molecule has 2 aliphatic rings. The summed E-state index contributed by atoms with van der Waals surface area (Å²) in [5.41, 5.74) is 1.41. The van der Waals surface area contributed by atoms with Gasteiger partial charge in [-0.2, -0.15) is 0 Å². The molecule has 1 N–H and O–H groups in total. The minimum atomic E-state index is -2.07. The number of aliphatic hydroxyl groups is 1. The maximum atomic E-state index is 10.6. The lowest BCUT2D eigenvalue weighted by Crippen LogP contribution is -2.68. The lowest BCUT2D eigenvalue weighted by molar-refractivity contribution is -0.388. The van der Waals surface area contributed by atoms with Gasteiger partial charge >= 0.3 is 0 Å².